The number of benzene rings is 1. The van der Waals surface area contributed by atoms with Gasteiger partial charge in [0.25, 0.3) is 5.91 Å². The summed E-state index contributed by atoms with van der Waals surface area (Å²) in [6.07, 6.45) is 0. The zero-order chi connectivity index (χ0) is 21.1. The van der Waals surface area contributed by atoms with Gasteiger partial charge in [-0.15, -0.1) is 5.10 Å². The van der Waals surface area contributed by atoms with Crippen LogP contribution in [-0.4, -0.2) is 41.5 Å². The Morgan fingerprint density at radius 3 is 2.66 bits per heavy atom. The predicted molar refractivity (Wildman–Crippen MR) is 110 cm³/mol. The largest absolute Gasteiger partial charge is 0.497 e. The number of nitrogens with one attached hydrogen (secondary N) is 1. The molecule has 8 nitrogen and oxygen atoms in total. The SMILES string of the molecule is COc1ccc(OC)c(C(C)NC(=O)COc2nn(C)c3nc(C)cc(C)c23)c1. The lowest BCUT2D eigenvalue weighted by Gasteiger charge is -2.18. The van der Waals surface area contributed by atoms with Crippen LogP contribution in [0.5, 0.6) is 17.4 Å². The molecule has 0 aliphatic rings. The molecule has 0 bridgehead atoms. The molecule has 2 aromatic heterocycles. The number of hydrogen-bond acceptors (Lipinski definition) is 6. The Labute approximate surface area is 169 Å². The average molecular weight is 398 g/mol. The second-order valence-electron chi connectivity index (χ2n) is 6.89. The van der Waals surface area contributed by atoms with E-state index in [0.29, 0.717) is 17.4 Å². The van der Waals surface area contributed by atoms with Crippen LogP contribution in [0, 0.1) is 13.8 Å². The molecule has 8 heteroatoms. The number of carbonyl (C=O) groups excluding carboxylic acids is 1. The van der Waals surface area contributed by atoms with Crippen LogP contribution in [0.3, 0.4) is 0 Å². The van der Waals surface area contributed by atoms with Crippen molar-refractivity contribution in [3.63, 3.8) is 0 Å². The first-order valence-corrected chi connectivity index (χ1v) is 9.29. The molecule has 1 atom stereocenters. The van der Waals surface area contributed by atoms with Crippen molar-refractivity contribution < 1.29 is 19.0 Å². The van der Waals surface area contributed by atoms with Gasteiger partial charge in [-0.1, -0.05) is 0 Å². The number of pyridine rings is 1. The van der Waals surface area contributed by atoms with Gasteiger partial charge in [-0.3, -0.25) is 4.79 Å². The van der Waals surface area contributed by atoms with Crippen LogP contribution in [0.1, 0.15) is 29.8 Å². The van der Waals surface area contributed by atoms with Gasteiger partial charge in [0, 0.05) is 18.3 Å². The van der Waals surface area contributed by atoms with Crippen LogP contribution in [0.15, 0.2) is 24.3 Å². The molecule has 0 spiro atoms. The summed E-state index contributed by atoms with van der Waals surface area (Å²) >= 11 is 0. The van der Waals surface area contributed by atoms with Crippen molar-refractivity contribution in [2.45, 2.75) is 26.8 Å². The molecule has 3 rings (SSSR count). The molecule has 29 heavy (non-hydrogen) atoms. The highest BCUT2D eigenvalue weighted by Crippen LogP contribution is 2.29. The Hall–Kier alpha value is -3.29. The first-order chi connectivity index (χ1) is 13.8. The molecular formula is C21H26N4O4. The summed E-state index contributed by atoms with van der Waals surface area (Å²) in [5, 5.41) is 8.10. The van der Waals surface area contributed by atoms with Crippen LogP contribution in [0.4, 0.5) is 0 Å². The topological polar surface area (TPSA) is 87.5 Å². The van der Waals surface area contributed by atoms with Crippen molar-refractivity contribution in [3.8, 4) is 17.4 Å². The third kappa shape index (κ3) is 4.26. The van der Waals surface area contributed by atoms with Crippen LogP contribution < -0.4 is 19.5 Å². The number of nitrogens with zero attached hydrogens (tertiary/aromatic N) is 3. The number of aryl methyl sites for hydroxylation is 3. The van der Waals surface area contributed by atoms with Crippen molar-refractivity contribution >= 4 is 16.9 Å². The van der Waals surface area contributed by atoms with E-state index in [2.05, 4.69) is 15.4 Å². The number of aromatic nitrogens is 3. The Balaban J connectivity index is 1.72. The van der Waals surface area contributed by atoms with Gasteiger partial charge in [0.1, 0.15) is 11.5 Å². The van der Waals surface area contributed by atoms with Gasteiger partial charge in [-0.2, -0.15) is 0 Å². The van der Waals surface area contributed by atoms with Gasteiger partial charge in [0.15, 0.2) is 12.3 Å². The minimum atomic E-state index is -0.289. The molecule has 2 heterocycles. The smallest absolute Gasteiger partial charge is 0.258 e. The number of rotatable bonds is 7. The lowest BCUT2D eigenvalue weighted by Crippen LogP contribution is -2.31. The van der Waals surface area contributed by atoms with Crippen molar-refractivity contribution in [1.29, 1.82) is 0 Å². The van der Waals surface area contributed by atoms with Crippen LogP contribution in [0.25, 0.3) is 11.0 Å². The maximum absolute atomic E-state index is 12.5. The van der Waals surface area contributed by atoms with Gasteiger partial charge in [-0.05, 0) is 50.6 Å². The van der Waals surface area contributed by atoms with Crippen molar-refractivity contribution in [2.24, 2.45) is 7.05 Å². The molecule has 0 saturated heterocycles. The minimum absolute atomic E-state index is 0.157. The van der Waals surface area contributed by atoms with Gasteiger partial charge in [0.2, 0.25) is 5.88 Å². The van der Waals surface area contributed by atoms with Crippen LogP contribution in [0.2, 0.25) is 0 Å². The van der Waals surface area contributed by atoms with Crippen LogP contribution in [-0.2, 0) is 11.8 Å². The lowest BCUT2D eigenvalue weighted by atomic mass is 10.1. The van der Waals surface area contributed by atoms with E-state index in [0.717, 1.165) is 27.9 Å². The van der Waals surface area contributed by atoms with Gasteiger partial charge in [0.05, 0.1) is 25.6 Å². The molecule has 0 radical (unpaired) electrons. The first kappa shape index (κ1) is 20.4. The van der Waals surface area contributed by atoms with E-state index in [1.54, 1.807) is 25.9 Å². The second kappa shape index (κ2) is 8.38. The summed E-state index contributed by atoms with van der Waals surface area (Å²) in [6.45, 7) is 5.63. The van der Waals surface area contributed by atoms with Gasteiger partial charge < -0.3 is 19.5 Å². The highest BCUT2D eigenvalue weighted by atomic mass is 16.5. The fraction of sp³-hybridized carbons (Fsp3) is 0.381. The summed E-state index contributed by atoms with van der Waals surface area (Å²) in [6, 6.07) is 7.14. The molecule has 0 fully saturated rings. The highest BCUT2D eigenvalue weighted by molar-refractivity contribution is 5.85. The Bertz CT molecular complexity index is 1040. The summed E-state index contributed by atoms with van der Waals surface area (Å²) in [5.41, 5.74) is 3.46. The maximum Gasteiger partial charge on any atom is 0.258 e. The predicted octanol–water partition coefficient (Wildman–Crippen LogP) is 2.86. The first-order valence-electron chi connectivity index (χ1n) is 9.29. The molecule has 1 unspecified atom stereocenters. The third-order valence-corrected chi connectivity index (χ3v) is 4.71. The molecule has 3 aromatic rings. The molecule has 1 N–H and O–H groups in total. The van der Waals surface area contributed by atoms with E-state index >= 15 is 0 Å². The number of hydrogen-bond donors (Lipinski definition) is 1. The molecule has 0 aliphatic heterocycles. The third-order valence-electron chi connectivity index (χ3n) is 4.71. The van der Waals surface area contributed by atoms with E-state index in [1.807, 2.05) is 45.0 Å². The van der Waals surface area contributed by atoms with E-state index in [4.69, 9.17) is 14.2 Å². The zero-order valence-electron chi connectivity index (χ0n) is 17.6. The Morgan fingerprint density at radius 1 is 1.21 bits per heavy atom. The van der Waals surface area contributed by atoms with E-state index in [9.17, 15) is 4.79 Å². The fourth-order valence-corrected chi connectivity index (χ4v) is 3.32. The summed E-state index contributed by atoms with van der Waals surface area (Å²) in [7, 11) is 4.99. The zero-order valence-corrected chi connectivity index (χ0v) is 17.6. The van der Waals surface area contributed by atoms with Crippen molar-refractivity contribution in [1.82, 2.24) is 20.1 Å². The van der Waals surface area contributed by atoms with Crippen LogP contribution >= 0.6 is 0 Å². The average Bonchev–Trinajstić information content (AvgIpc) is 3.01. The molecule has 1 amide bonds. The molecule has 0 saturated carbocycles. The Morgan fingerprint density at radius 2 is 1.97 bits per heavy atom. The Kier molecular flexibility index (Phi) is 5.91. The minimum Gasteiger partial charge on any atom is -0.497 e. The summed E-state index contributed by atoms with van der Waals surface area (Å²) in [5.74, 6) is 1.50. The second-order valence-corrected chi connectivity index (χ2v) is 6.89. The number of amides is 1. The molecular weight excluding hydrogens is 372 g/mol. The lowest BCUT2D eigenvalue weighted by molar-refractivity contribution is -0.123. The van der Waals surface area contributed by atoms with Gasteiger partial charge >= 0.3 is 0 Å². The van der Waals surface area contributed by atoms with E-state index < -0.39 is 0 Å². The van der Waals surface area contributed by atoms with E-state index in [1.165, 1.54) is 0 Å². The number of ether oxygens (including phenoxy) is 3. The molecule has 1 aromatic carbocycles. The maximum atomic E-state index is 12.5. The molecule has 0 aliphatic carbocycles. The fourth-order valence-electron chi connectivity index (χ4n) is 3.32. The monoisotopic (exact) mass is 398 g/mol. The van der Waals surface area contributed by atoms with Gasteiger partial charge in [-0.25, -0.2) is 9.67 Å². The summed E-state index contributed by atoms with van der Waals surface area (Å²) in [4.78, 5) is 17.0. The highest BCUT2D eigenvalue weighted by Gasteiger charge is 2.18. The number of carbonyl (C=O) groups is 1. The normalized spacial score (nSPS) is 11.9. The van der Waals surface area contributed by atoms with Crippen molar-refractivity contribution in [2.75, 3.05) is 20.8 Å². The number of methoxy groups -OCH3 is 2. The molecule has 154 valence electrons. The van der Waals surface area contributed by atoms with Crippen molar-refractivity contribution in [3.05, 3.63) is 41.1 Å². The summed E-state index contributed by atoms with van der Waals surface area (Å²) < 4.78 is 18.0. The van der Waals surface area contributed by atoms with E-state index in [-0.39, 0.29) is 18.6 Å². The quantitative estimate of drug-likeness (QED) is 0.658. The number of fused-ring (bicyclic) bond motifs is 1. The standard InChI is InChI=1S/C21H26N4O4/c1-12-9-13(2)22-20-19(12)21(24-25(20)4)29-11-18(26)23-14(3)16-10-15(27-5)7-8-17(16)28-6/h7-10,14H,11H2,1-6H3,(H,23,26).